The minimum Gasteiger partial charge on any atom is -0.383 e. The van der Waals surface area contributed by atoms with E-state index >= 15 is 0 Å². The second-order valence-electron chi connectivity index (χ2n) is 4.09. The summed E-state index contributed by atoms with van der Waals surface area (Å²) in [4.78, 5) is 2.59. The SMILES string of the molecule is COCCN1CCNC2CCCC21. The summed E-state index contributed by atoms with van der Waals surface area (Å²) in [5.74, 6) is 0. The van der Waals surface area contributed by atoms with Crippen LogP contribution in [0.2, 0.25) is 0 Å². The van der Waals surface area contributed by atoms with E-state index < -0.39 is 0 Å². The van der Waals surface area contributed by atoms with Gasteiger partial charge in [-0.05, 0) is 12.8 Å². The molecule has 1 N–H and O–H groups in total. The Balaban J connectivity index is 1.86. The lowest BCUT2D eigenvalue weighted by Crippen LogP contribution is -2.55. The van der Waals surface area contributed by atoms with Crippen LogP contribution in [0.25, 0.3) is 0 Å². The third kappa shape index (κ3) is 2.03. The summed E-state index contributed by atoms with van der Waals surface area (Å²) in [6.45, 7) is 4.35. The Kier molecular flexibility index (Phi) is 3.19. The molecule has 2 aliphatic rings. The highest BCUT2D eigenvalue weighted by Crippen LogP contribution is 2.25. The summed E-state index contributed by atoms with van der Waals surface area (Å²) in [7, 11) is 1.79. The van der Waals surface area contributed by atoms with E-state index in [0.29, 0.717) is 0 Å². The minimum atomic E-state index is 0.769. The van der Waals surface area contributed by atoms with Gasteiger partial charge in [0.15, 0.2) is 0 Å². The molecule has 1 heterocycles. The molecule has 76 valence electrons. The van der Waals surface area contributed by atoms with Crippen molar-refractivity contribution in [3.8, 4) is 0 Å². The fourth-order valence-electron chi connectivity index (χ4n) is 2.66. The molecular weight excluding hydrogens is 164 g/mol. The number of piperazine rings is 1. The Bertz CT molecular complexity index is 163. The largest absolute Gasteiger partial charge is 0.383 e. The highest BCUT2D eigenvalue weighted by atomic mass is 16.5. The molecule has 2 rings (SSSR count). The third-order valence-electron chi connectivity index (χ3n) is 3.34. The van der Waals surface area contributed by atoms with Gasteiger partial charge in [-0.3, -0.25) is 4.90 Å². The average Bonchev–Trinajstić information content (AvgIpc) is 2.62. The van der Waals surface area contributed by atoms with Gasteiger partial charge in [0, 0.05) is 38.8 Å². The van der Waals surface area contributed by atoms with Crippen molar-refractivity contribution in [3.63, 3.8) is 0 Å². The lowest BCUT2D eigenvalue weighted by atomic mass is 10.1. The van der Waals surface area contributed by atoms with Crippen molar-refractivity contribution in [1.82, 2.24) is 10.2 Å². The van der Waals surface area contributed by atoms with Crippen molar-refractivity contribution < 1.29 is 4.74 Å². The van der Waals surface area contributed by atoms with Crippen LogP contribution in [-0.4, -0.2) is 50.3 Å². The number of rotatable bonds is 3. The molecule has 0 aromatic heterocycles. The lowest BCUT2D eigenvalue weighted by Gasteiger charge is -2.38. The van der Waals surface area contributed by atoms with Gasteiger partial charge >= 0.3 is 0 Å². The first-order chi connectivity index (χ1) is 6.42. The maximum Gasteiger partial charge on any atom is 0.0589 e. The molecule has 2 unspecified atom stereocenters. The fraction of sp³-hybridized carbons (Fsp3) is 1.00. The van der Waals surface area contributed by atoms with Gasteiger partial charge in [0.2, 0.25) is 0 Å². The number of nitrogens with one attached hydrogen (secondary N) is 1. The van der Waals surface area contributed by atoms with Crippen LogP contribution in [0.3, 0.4) is 0 Å². The van der Waals surface area contributed by atoms with Gasteiger partial charge < -0.3 is 10.1 Å². The molecule has 3 nitrogen and oxygen atoms in total. The number of ether oxygens (including phenoxy) is 1. The van der Waals surface area contributed by atoms with Gasteiger partial charge in [0.05, 0.1) is 6.61 Å². The molecular formula is C10H20N2O. The van der Waals surface area contributed by atoms with Crippen molar-refractivity contribution in [2.45, 2.75) is 31.3 Å². The molecule has 1 aliphatic heterocycles. The Morgan fingerprint density at radius 2 is 2.38 bits per heavy atom. The molecule has 0 spiro atoms. The number of nitrogens with zero attached hydrogens (tertiary/aromatic N) is 1. The van der Waals surface area contributed by atoms with E-state index in [1.54, 1.807) is 7.11 Å². The molecule has 0 aromatic rings. The van der Waals surface area contributed by atoms with E-state index in [0.717, 1.165) is 31.8 Å². The summed E-state index contributed by atoms with van der Waals surface area (Å²) < 4.78 is 5.13. The van der Waals surface area contributed by atoms with Crippen LogP contribution < -0.4 is 5.32 Å². The average molecular weight is 184 g/mol. The van der Waals surface area contributed by atoms with E-state index in [1.165, 1.54) is 25.8 Å². The standard InChI is InChI=1S/C10H20N2O/c1-13-8-7-12-6-5-11-9-3-2-4-10(9)12/h9-11H,2-8H2,1H3. The zero-order valence-corrected chi connectivity index (χ0v) is 8.46. The van der Waals surface area contributed by atoms with Crippen LogP contribution in [0.15, 0.2) is 0 Å². The first-order valence-electron chi connectivity index (χ1n) is 5.38. The van der Waals surface area contributed by atoms with Crippen molar-refractivity contribution >= 4 is 0 Å². The molecule has 3 heteroatoms. The van der Waals surface area contributed by atoms with Crippen molar-refractivity contribution in [1.29, 1.82) is 0 Å². The molecule has 0 aromatic carbocycles. The lowest BCUT2D eigenvalue weighted by molar-refractivity contribution is 0.0910. The molecule has 2 fully saturated rings. The molecule has 0 bridgehead atoms. The molecule has 13 heavy (non-hydrogen) atoms. The smallest absolute Gasteiger partial charge is 0.0589 e. The summed E-state index contributed by atoms with van der Waals surface area (Å²) in [6.07, 6.45) is 4.14. The maximum absolute atomic E-state index is 5.13. The van der Waals surface area contributed by atoms with E-state index in [9.17, 15) is 0 Å². The zero-order valence-electron chi connectivity index (χ0n) is 8.46. The monoisotopic (exact) mass is 184 g/mol. The fourth-order valence-corrected chi connectivity index (χ4v) is 2.66. The highest BCUT2D eigenvalue weighted by molar-refractivity contribution is 4.93. The van der Waals surface area contributed by atoms with Crippen LogP contribution in [-0.2, 0) is 4.74 Å². The molecule has 1 saturated carbocycles. The van der Waals surface area contributed by atoms with Crippen LogP contribution in [0.4, 0.5) is 0 Å². The van der Waals surface area contributed by atoms with Gasteiger partial charge in [-0.1, -0.05) is 6.42 Å². The van der Waals surface area contributed by atoms with Crippen molar-refractivity contribution in [2.75, 3.05) is 33.4 Å². The Morgan fingerprint density at radius 1 is 1.46 bits per heavy atom. The predicted octanol–water partition coefficient (Wildman–Crippen LogP) is 0.459. The van der Waals surface area contributed by atoms with E-state index in [2.05, 4.69) is 10.2 Å². The zero-order chi connectivity index (χ0) is 9.10. The van der Waals surface area contributed by atoms with Gasteiger partial charge in [-0.25, -0.2) is 0 Å². The van der Waals surface area contributed by atoms with Crippen LogP contribution in [0.5, 0.6) is 0 Å². The second-order valence-corrected chi connectivity index (χ2v) is 4.09. The summed E-state index contributed by atoms with van der Waals surface area (Å²) in [5, 5.41) is 3.60. The highest BCUT2D eigenvalue weighted by Gasteiger charge is 2.34. The minimum absolute atomic E-state index is 0.769. The summed E-state index contributed by atoms with van der Waals surface area (Å²) >= 11 is 0. The Labute approximate surface area is 80.4 Å². The molecule has 0 amide bonds. The van der Waals surface area contributed by atoms with Crippen molar-refractivity contribution in [2.24, 2.45) is 0 Å². The molecule has 1 aliphatic carbocycles. The van der Waals surface area contributed by atoms with Gasteiger partial charge in [0.1, 0.15) is 0 Å². The molecule has 1 saturated heterocycles. The molecule has 0 radical (unpaired) electrons. The Hall–Kier alpha value is -0.120. The number of hydrogen-bond donors (Lipinski definition) is 1. The maximum atomic E-state index is 5.13. The van der Waals surface area contributed by atoms with Crippen LogP contribution >= 0.6 is 0 Å². The van der Waals surface area contributed by atoms with Gasteiger partial charge in [-0.15, -0.1) is 0 Å². The predicted molar refractivity (Wildman–Crippen MR) is 52.9 cm³/mol. The normalized spacial score (nSPS) is 34.8. The van der Waals surface area contributed by atoms with E-state index in [4.69, 9.17) is 4.74 Å². The van der Waals surface area contributed by atoms with Crippen LogP contribution in [0, 0.1) is 0 Å². The number of fused-ring (bicyclic) bond motifs is 1. The molecule has 2 atom stereocenters. The summed E-state index contributed by atoms with van der Waals surface area (Å²) in [6, 6.07) is 1.56. The third-order valence-corrected chi connectivity index (χ3v) is 3.34. The Morgan fingerprint density at radius 3 is 3.23 bits per heavy atom. The van der Waals surface area contributed by atoms with Crippen LogP contribution in [0.1, 0.15) is 19.3 Å². The van der Waals surface area contributed by atoms with E-state index in [1.807, 2.05) is 0 Å². The van der Waals surface area contributed by atoms with Crippen molar-refractivity contribution in [3.05, 3.63) is 0 Å². The number of methoxy groups -OCH3 is 1. The first kappa shape index (κ1) is 9.44. The number of hydrogen-bond acceptors (Lipinski definition) is 3. The topological polar surface area (TPSA) is 24.5 Å². The van der Waals surface area contributed by atoms with E-state index in [-0.39, 0.29) is 0 Å². The first-order valence-corrected chi connectivity index (χ1v) is 5.38. The van der Waals surface area contributed by atoms with Gasteiger partial charge in [-0.2, -0.15) is 0 Å². The summed E-state index contributed by atoms with van der Waals surface area (Å²) in [5.41, 5.74) is 0. The second kappa shape index (κ2) is 4.40. The quantitative estimate of drug-likeness (QED) is 0.689. The van der Waals surface area contributed by atoms with Gasteiger partial charge in [0.25, 0.3) is 0 Å².